The summed E-state index contributed by atoms with van der Waals surface area (Å²) in [5.74, 6) is 1.32. The molecule has 0 unspecified atom stereocenters. The molecule has 5 heteroatoms. The maximum Gasteiger partial charge on any atom is 0.164 e. The number of hydrogen-bond acceptors (Lipinski definition) is 5. The van der Waals surface area contributed by atoms with Crippen LogP contribution in [0.25, 0.3) is 98.5 Å². The van der Waals surface area contributed by atoms with E-state index in [-0.39, 0.29) is 29.7 Å². The predicted octanol–water partition coefficient (Wildman–Crippen LogP) is 12.5. The minimum absolute atomic E-state index is 0.116. The first-order valence-electron chi connectivity index (χ1n) is 18.7. The first-order valence-corrected chi connectivity index (χ1v) is 17.0. The van der Waals surface area contributed by atoms with Crippen molar-refractivity contribution >= 4 is 53.4 Å². The van der Waals surface area contributed by atoms with E-state index >= 15 is 0 Å². The quantitative estimate of drug-likeness (QED) is 0.184. The van der Waals surface area contributed by atoms with Gasteiger partial charge in [0.1, 0.15) is 11.2 Å². The van der Waals surface area contributed by atoms with Crippen molar-refractivity contribution in [3.8, 4) is 56.4 Å². The van der Waals surface area contributed by atoms with Crippen molar-refractivity contribution in [2.75, 3.05) is 0 Å². The molecule has 0 saturated heterocycles. The van der Waals surface area contributed by atoms with Crippen LogP contribution >= 0.6 is 11.3 Å². The molecular formula is C45H27N3OS. The maximum absolute atomic E-state index is 8.55. The van der Waals surface area contributed by atoms with Crippen LogP contribution < -0.4 is 0 Å². The van der Waals surface area contributed by atoms with Crippen molar-refractivity contribution in [2.24, 2.45) is 0 Å². The Labute approximate surface area is 299 Å². The molecule has 0 radical (unpaired) electrons. The summed E-state index contributed by atoms with van der Waals surface area (Å²) >= 11 is 1.81. The fraction of sp³-hybridized carbons (Fsp3) is 0. The third kappa shape index (κ3) is 4.87. The number of hydrogen-bond donors (Lipinski definition) is 0. The molecule has 0 fully saturated rings. The highest BCUT2D eigenvalue weighted by Gasteiger charge is 2.17. The molecule has 3 aromatic heterocycles. The van der Waals surface area contributed by atoms with Gasteiger partial charge in [-0.3, -0.25) is 0 Å². The zero-order valence-corrected chi connectivity index (χ0v) is 27.2. The highest BCUT2D eigenvalue weighted by molar-refractivity contribution is 7.26. The fourth-order valence-corrected chi connectivity index (χ4v) is 7.86. The monoisotopic (exact) mass is 662 g/mol. The highest BCUT2D eigenvalue weighted by Crippen LogP contribution is 2.42. The Morgan fingerprint density at radius 3 is 1.84 bits per heavy atom. The first kappa shape index (κ1) is 23.8. The Morgan fingerprint density at radius 1 is 0.440 bits per heavy atom. The summed E-state index contributed by atoms with van der Waals surface area (Å²) in [6.45, 7) is 0. The summed E-state index contributed by atoms with van der Waals surface area (Å²) in [5, 5.41) is 4.42. The number of rotatable bonds is 5. The van der Waals surface area contributed by atoms with E-state index in [0.29, 0.717) is 28.6 Å². The molecule has 50 heavy (non-hydrogen) atoms. The molecule has 0 amide bonds. The van der Waals surface area contributed by atoms with Gasteiger partial charge in [0.2, 0.25) is 0 Å². The molecule has 234 valence electrons. The van der Waals surface area contributed by atoms with Crippen LogP contribution in [-0.4, -0.2) is 15.0 Å². The topological polar surface area (TPSA) is 51.8 Å². The number of benzene rings is 7. The summed E-state index contributed by atoms with van der Waals surface area (Å²) in [6, 6.07) is 42.3. The summed E-state index contributed by atoms with van der Waals surface area (Å²) in [4.78, 5) is 14.8. The summed E-state index contributed by atoms with van der Waals surface area (Å²) in [6.07, 6.45) is 0. The van der Waals surface area contributed by atoms with E-state index in [4.69, 9.17) is 26.2 Å². The second-order valence-electron chi connectivity index (χ2n) is 12.1. The van der Waals surface area contributed by atoms with Crippen LogP contribution in [0.1, 0.15) is 6.85 Å². The van der Waals surface area contributed by atoms with E-state index in [1.807, 2.05) is 54.6 Å². The SMILES string of the molecule is [2H]c1c([2H])c([2H])c(-c2cccc(-c3nc(-c4ccccc4)nc(-c4ccc5oc6ccc(-c7cccc8c7sc7ccccc78)cc6c5c4)n3)c2)c([2H])c1[2H]. The molecule has 4 nitrogen and oxygen atoms in total. The van der Waals surface area contributed by atoms with Gasteiger partial charge >= 0.3 is 0 Å². The second-order valence-corrected chi connectivity index (χ2v) is 13.1. The molecule has 10 aromatic rings. The van der Waals surface area contributed by atoms with Crippen molar-refractivity contribution < 1.29 is 11.3 Å². The maximum atomic E-state index is 8.55. The van der Waals surface area contributed by atoms with Crippen LogP contribution in [0.3, 0.4) is 0 Å². The number of fused-ring (bicyclic) bond motifs is 6. The molecule has 0 aliphatic carbocycles. The lowest BCUT2D eigenvalue weighted by Gasteiger charge is -2.10. The Morgan fingerprint density at radius 2 is 1.04 bits per heavy atom. The molecule has 0 atom stereocenters. The van der Waals surface area contributed by atoms with Crippen molar-refractivity contribution in [1.29, 1.82) is 0 Å². The average molecular weight is 663 g/mol. The van der Waals surface area contributed by atoms with Gasteiger partial charge in [-0.1, -0.05) is 121 Å². The van der Waals surface area contributed by atoms with Crippen LogP contribution in [0.4, 0.5) is 0 Å². The molecule has 10 rings (SSSR count). The first-order chi connectivity index (χ1) is 26.8. The third-order valence-corrected chi connectivity index (χ3v) is 10.2. The van der Waals surface area contributed by atoms with Crippen LogP contribution in [-0.2, 0) is 0 Å². The van der Waals surface area contributed by atoms with E-state index in [0.717, 1.165) is 38.6 Å². The van der Waals surface area contributed by atoms with Gasteiger partial charge in [-0.25, -0.2) is 15.0 Å². The molecule has 0 N–H and O–H groups in total. The standard InChI is InChI=1S/C45H27N3OS/c1-3-11-28(12-4-1)30-15-9-16-32(25-30)44-46-43(29-13-5-2-6-14-29)47-45(48-44)33-22-24-40-38(27-33)37-26-31(21-23-39(37)49-40)34-18-10-19-36-35-17-7-8-20-41(35)50-42(34)36/h1-27H/i1D,3D,4D,11D,12D. The van der Waals surface area contributed by atoms with Gasteiger partial charge in [0.05, 0.1) is 6.85 Å². The van der Waals surface area contributed by atoms with E-state index in [1.54, 1.807) is 29.5 Å². The van der Waals surface area contributed by atoms with Crippen molar-refractivity contribution in [3.05, 3.63) is 164 Å². The van der Waals surface area contributed by atoms with Gasteiger partial charge in [-0.2, -0.15) is 0 Å². The number of furan rings is 1. The fourth-order valence-electron chi connectivity index (χ4n) is 6.62. The van der Waals surface area contributed by atoms with Gasteiger partial charge in [-0.15, -0.1) is 11.3 Å². The number of nitrogens with zero attached hydrogens (tertiary/aromatic N) is 3. The van der Waals surface area contributed by atoms with E-state index in [1.165, 1.54) is 25.7 Å². The Hall–Kier alpha value is -6.43. The Bertz CT molecular complexity index is 3150. The molecule has 0 saturated carbocycles. The van der Waals surface area contributed by atoms with Gasteiger partial charge < -0.3 is 4.42 Å². The van der Waals surface area contributed by atoms with E-state index in [2.05, 4.69) is 60.7 Å². The van der Waals surface area contributed by atoms with Crippen molar-refractivity contribution in [3.63, 3.8) is 0 Å². The third-order valence-electron chi connectivity index (χ3n) is 9.02. The van der Waals surface area contributed by atoms with Crippen LogP contribution in [0.5, 0.6) is 0 Å². The Balaban J connectivity index is 1.12. The van der Waals surface area contributed by atoms with Crippen molar-refractivity contribution in [2.45, 2.75) is 0 Å². The smallest absolute Gasteiger partial charge is 0.164 e. The van der Waals surface area contributed by atoms with Gasteiger partial charge in [0.25, 0.3) is 0 Å². The average Bonchev–Trinajstić information content (AvgIpc) is 3.80. The molecule has 0 aliphatic heterocycles. The van der Waals surface area contributed by atoms with E-state index in [9.17, 15) is 0 Å². The molecule has 7 aromatic carbocycles. The summed E-state index contributed by atoms with van der Waals surface area (Å²) in [5.41, 5.74) is 6.58. The zero-order chi connectivity index (χ0) is 37.4. The van der Waals surface area contributed by atoms with Gasteiger partial charge in [-0.05, 0) is 64.7 Å². The highest BCUT2D eigenvalue weighted by atomic mass is 32.1. The summed E-state index contributed by atoms with van der Waals surface area (Å²) < 4.78 is 50.4. The Kier molecular flexibility index (Phi) is 5.54. The molecule has 0 aliphatic rings. The van der Waals surface area contributed by atoms with Crippen molar-refractivity contribution in [1.82, 2.24) is 15.0 Å². The molecule has 0 bridgehead atoms. The number of aromatic nitrogens is 3. The van der Waals surface area contributed by atoms with Gasteiger partial charge in [0, 0.05) is 47.6 Å². The molecule has 0 spiro atoms. The normalized spacial score (nSPS) is 13.0. The molecular weight excluding hydrogens is 631 g/mol. The lowest BCUT2D eigenvalue weighted by Crippen LogP contribution is -2.00. The van der Waals surface area contributed by atoms with Crippen LogP contribution in [0, 0.1) is 0 Å². The number of thiophene rings is 1. The molecule has 3 heterocycles. The zero-order valence-electron chi connectivity index (χ0n) is 31.4. The van der Waals surface area contributed by atoms with E-state index < -0.39 is 6.04 Å². The predicted molar refractivity (Wildman–Crippen MR) is 207 cm³/mol. The van der Waals surface area contributed by atoms with Gasteiger partial charge in [0.15, 0.2) is 17.5 Å². The van der Waals surface area contributed by atoms with Crippen LogP contribution in [0.15, 0.2) is 168 Å². The lowest BCUT2D eigenvalue weighted by atomic mass is 10.00. The lowest BCUT2D eigenvalue weighted by molar-refractivity contribution is 0.669. The minimum atomic E-state index is -0.434. The minimum Gasteiger partial charge on any atom is -0.456 e. The second kappa shape index (κ2) is 11.6. The summed E-state index contributed by atoms with van der Waals surface area (Å²) in [7, 11) is 0. The largest absolute Gasteiger partial charge is 0.456 e. The van der Waals surface area contributed by atoms with Crippen LogP contribution in [0.2, 0.25) is 0 Å².